The van der Waals surface area contributed by atoms with Crippen molar-refractivity contribution in [3.63, 3.8) is 0 Å². The lowest BCUT2D eigenvalue weighted by molar-refractivity contribution is 0.194. The zero-order valence-corrected chi connectivity index (χ0v) is 7.04. The van der Waals surface area contributed by atoms with Crippen LogP contribution in [-0.2, 0) is 6.54 Å². The summed E-state index contributed by atoms with van der Waals surface area (Å²) in [5.74, 6) is 0. The second-order valence-corrected chi connectivity index (χ2v) is 2.02. The third-order valence-corrected chi connectivity index (χ3v) is 1.17. The van der Waals surface area contributed by atoms with Crippen LogP contribution in [0.25, 0.3) is 0 Å². The Bertz CT molecular complexity index is 240. The van der Waals surface area contributed by atoms with Crippen molar-refractivity contribution in [1.82, 2.24) is 10.3 Å². The Balaban J connectivity index is 0.00000121. The van der Waals surface area contributed by atoms with E-state index in [1.165, 1.54) is 0 Å². The summed E-state index contributed by atoms with van der Waals surface area (Å²) in [5, 5.41) is 10.5. The minimum absolute atomic E-state index is 0. The Kier molecular flexibility index (Phi) is 4.79. The third-order valence-electron chi connectivity index (χ3n) is 1.17. The van der Waals surface area contributed by atoms with Gasteiger partial charge >= 0.3 is 6.09 Å². The van der Waals surface area contributed by atoms with Gasteiger partial charge in [0.2, 0.25) is 0 Å². The summed E-state index contributed by atoms with van der Waals surface area (Å²) in [7, 11) is 0. The Hall–Kier alpha value is -1.29. The molecule has 0 unspecified atom stereocenters. The van der Waals surface area contributed by atoms with Crippen molar-refractivity contribution in [2.24, 2.45) is 0 Å². The Morgan fingerprint density at radius 3 is 2.92 bits per heavy atom. The predicted molar refractivity (Wildman–Crippen MR) is 46.3 cm³/mol. The lowest BCUT2D eigenvalue weighted by Gasteiger charge is -1.98. The van der Waals surface area contributed by atoms with E-state index in [0.29, 0.717) is 6.54 Å². The van der Waals surface area contributed by atoms with Gasteiger partial charge in [-0.15, -0.1) is 12.4 Å². The average molecular weight is 189 g/mol. The van der Waals surface area contributed by atoms with E-state index in [1.807, 2.05) is 6.07 Å². The van der Waals surface area contributed by atoms with Crippen molar-refractivity contribution in [2.45, 2.75) is 6.54 Å². The number of hydrogen-bond donors (Lipinski definition) is 2. The molecule has 1 aromatic heterocycles. The van der Waals surface area contributed by atoms with Crippen LogP contribution in [0.2, 0.25) is 0 Å². The maximum absolute atomic E-state index is 10.0. The fraction of sp³-hybridized carbons (Fsp3) is 0.143. The summed E-state index contributed by atoms with van der Waals surface area (Å²) in [6.45, 7) is 0.309. The first-order valence-electron chi connectivity index (χ1n) is 3.15. The molecule has 0 aliphatic heterocycles. The number of pyridine rings is 1. The van der Waals surface area contributed by atoms with Crippen LogP contribution in [0.4, 0.5) is 4.79 Å². The summed E-state index contributed by atoms with van der Waals surface area (Å²) >= 11 is 0. The van der Waals surface area contributed by atoms with E-state index in [2.05, 4.69) is 10.3 Å². The molecular formula is C7H9ClN2O2. The zero-order valence-electron chi connectivity index (χ0n) is 6.23. The molecule has 1 aromatic rings. The SMILES string of the molecule is Cl.O=C(O)NCc1cccnc1. The molecule has 0 aliphatic carbocycles. The fourth-order valence-electron chi connectivity index (χ4n) is 0.680. The number of aromatic nitrogens is 1. The molecule has 1 heterocycles. The van der Waals surface area contributed by atoms with E-state index in [1.54, 1.807) is 18.5 Å². The van der Waals surface area contributed by atoms with Crippen LogP contribution in [0, 0.1) is 0 Å². The highest BCUT2D eigenvalue weighted by atomic mass is 35.5. The molecule has 0 atom stereocenters. The molecule has 0 aromatic carbocycles. The van der Waals surface area contributed by atoms with Crippen LogP contribution in [0.5, 0.6) is 0 Å². The number of amides is 1. The number of nitrogens with zero attached hydrogens (tertiary/aromatic N) is 1. The molecule has 0 aliphatic rings. The molecule has 0 saturated carbocycles. The zero-order chi connectivity index (χ0) is 8.10. The van der Waals surface area contributed by atoms with Gasteiger partial charge in [0.1, 0.15) is 0 Å². The highest BCUT2D eigenvalue weighted by Crippen LogP contribution is 1.93. The van der Waals surface area contributed by atoms with Gasteiger partial charge in [-0.1, -0.05) is 6.07 Å². The molecule has 2 N–H and O–H groups in total. The quantitative estimate of drug-likeness (QED) is 0.735. The van der Waals surface area contributed by atoms with Gasteiger partial charge < -0.3 is 10.4 Å². The van der Waals surface area contributed by atoms with Crippen LogP contribution in [-0.4, -0.2) is 16.2 Å². The molecule has 1 rings (SSSR count). The van der Waals surface area contributed by atoms with Crippen molar-refractivity contribution in [3.8, 4) is 0 Å². The molecule has 0 saturated heterocycles. The minimum atomic E-state index is -1.02. The van der Waals surface area contributed by atoms with E-state index in [4.69, 9.17) is 5.11 Å². The average Bonchev–Trinajstić information content (AvgIpc) is 2.03. The highest BCUT2D eigenvalue weighted by Gasteiger charge is 1.94. The number of carboxylic acid groups (broad SMARTS) is 1. The first kappa shape index (κ1) is 10.7. The van der Waals surface area contributed by atoms with Gasteiger partial charge in [0, 0.05) is 18.9 Å². The number of halogens is 1. The molecule has 5 heteroatoms. The molecule has 0 fully saturated rings. The third kappa shape index (κ3) is 3.78. The molecule has 1 amide bonds. The topological polar surface area (TPSA) is 62.2 Å². The van der Waals surface area contributed by atoms with Crippen LogP contribution in [0.1, 0.15) is 5.56 Å². The summed E-state index contributed by atoms with van der Waals surface area (Å²) in [4.78, 5) is 13.9. The highest BCUT2D eigenvalue weighted by molar-refractivity contribution is 5.85. The molecule has 66 valence electrons. The minimum Gasteiger partial charge on any atom is -0.465 e. The predicted octanol–water partition coefficient (Wildman–Crippen LogP) is 1.27. The van der Waals surface area contributed by atoms with E-state index < -0.39 is 6.09 Å². The first-order chi connectivity index (χ1) is 5.29. The second kappa shape index (κ2) is 5.37. The molecule has 0 spiro atoms. The van der Waals surface area contributed by atoms with Crippen molar-refractivity contribution in [3.05, 3.63) is 30.1 Å². The van der Waals surface area contributed by atoms with E-state index in [-0.39, 0.29) is 12.4 Å². The van der Waals surface area contributed by atoms with Gasteiger partial charge in [0.25, 0.3) is 0 Å². The Morgan fingerprint density at radius 1 is 1.67 bits per heavy atom. The summed E-state index contributed by atoms with van der Waals surface area (Å²) in [5.41, 5.74) is 0.856. The van der Waals surface area contributed by atoms with E-state index in [0.717, 1.165) is 5.56 Å². The standard InChI is InChI=1S/C7H8N2O2.ClH/c10-7(11)9-5-6-2-1-3-8-4-6;/h1-4,9H,5H2,(H,10,11);1H. The summed E-state index contributed by atoms with van der Waals surface area (Å²) in [6.07, 6.45) is 2.24. The van der Waals surface area contributed by atoms with Crippen molar-refractivity contribution < 1.29 is 9.90 Å². The molecule has 0 radical (unpaired) electrons. The van der Waals surface area contributed by atoms with Gasteiger partial charge in [-0.3, -0.25) is 4.98 Å². The van der Waals surface area contributed by atoms with Gasteiger partial charge in [-0.2, -0.15) is 0 Å². The van der Waals surface area contributed by atoms with Crippen molar-refractivity contribution >= 4 is 18.5 Å². The van der Waals surface area contributed by atoms with E-state index in [9.17, 15) is 4.79 Å². The van der Waals surface area contributed by atoms with Crippen LogP contribution in [0.15, 0.2) is 24.5 Å². The molecule has 0 bridgehead atoms. The monoisotopic (exact) mass is 188 g/mol. The Labute approximate surface area is 76.0 Å². The molecule has 12 heavy (non-hydrogen) atoms. The second-order valence-electron chi connectivity index (χ2n) is 2.02. The lowest BCUT2D eigenvalue weighted by Crippen LogP contribution is -2.19. The number of carbonyl (C=O) groups is 1. The summed E-state index contributed by atoms with van der Waals surface area (Å²) < 4.78 is 0. The first-order valence-corrected chi connectivity index (χ1v) is 3.15. The largest absolute Gasteiger partial charge is 0.465 e. The maximum Gasteiger partial charge on any atom is 0.404 e. The van der Waals surface area contributed by atoms with Gasteiger partial charge in [-0.05, 0) is 11.6 Å². The van der Waals surface area contributed by atoms with Crippen LogP contribution >= 0.6 is 12.4 Å². The summed E-state index contributed by atoms with van der Waals surface area (Å²) in [6, 6.07) is 3.57. The Morgan fingerprint density at radius 2 is 2.42 bits per heavy atom. The normalized spacial score (nSPS) is 8.33. The fourth-order valence-corrected chi connectivity index (χ4v) is 0.680. The van der Waals surface area contributed by atoms with Gasteiger partial charge in [0.15, 0.2) is 0 Å². The van der Waals surface area contributed by atoms with Gasteiger partial charge in [-0.25, -0.2) is 4.79 Å². The van der Waals surface area contributed by atoms with Gasteiger partial charge in [0.05, 0.1) is 0 Å². The van der Waals surface area contributed by atoms with Crippen LogP contribution in [0.3, 0.4) is 0 Å². The lowest BCUT2D eigenvalue weighted by atomic mass is 10.3. The maximum atomic E-state index is 10.0. The number of hydrogen-bond acceptors (Lipinski definition) is 2. The number of rotatable bonds is 2. The van der Waals surface area contributed by atoms with E-state index >= 15 is 0 Å². The van der Waals surface area contributed by atoms with Crippen molar-refractivity contribution in [1.29, 1.82) is 0 Å². The van der Waals surface area contributed by atoms with Crippen molar-refractivity contribution in [2.75, 3.05) is 0 Å². The smallest absolute Gasteiger partial charge is 0.404 e. The van der Waals surface area contributed by atoms with Crippen LogP contribution < -0.4 is 5.32 Å². The molecular weight excluding hydrogens is 180 g/mol. The number of nitrogens with one attached hydrogen (secondary N) is 1. The molecule has 4 nitrogen and oxygen atoms in total.